The Morgan fingerprint density at radius 3 is 2.67 bits per heavy atom. The molecule has 98 valence electrons. The topological polar surface area (TPSA) is 43.1 Å². The van der Waals surface area contributed by atoms with Crippen LogP contribution in [0.15, 0.2) is 24.3 Å². The summed E-state index contributed by atoms with van der Waals surface area (Å²) in [5.74, 6) is 0.901. The molecule has 0 heterocycles. The van der Waals surface area contributed by atoms with Crippen molar-refractivity contribution < 1.29 is 4.79 Å². The van der Waals surface area contributed by atoms with Gasteiger partial charge in [0.15, 0.2) is 5.78 Å². The average Bonchev–Trinajstić information content (AvgIpc) is 2.23. The molecule has 1 aromatic rings. The van der Waals surface area contributed by atoms with Crippen molar-refractivity contribution in [1.82, 2.24) is 0 Å². The van der Waals surface area contributed by atoms with Gasteiger partial charge in [0, 0.05) is 17.5 Å². The second-order valence-electron chi connectivity index (χ2n) is 6.17. The number of carbonyl (C=O) groups is 1. The number of nitrogens with two attached hydrogens (primary N) is 1. The van der Waals surface area contributed by atoms with Gasteiger partial charge in [0.2, 0.25) is 0 Å². The molecule has 18 heavy (non-hydrogen) atoms. The van der Waals surface area contributed by atoms with Crippen molar-refractivity contribution in [2.75, 3.05) is 0 Å². The standard InChI is InChI=1S/C16H23NO/c1-16(2,17)10-9-15(18)14-8-4-7-13(11-14)12-5-3-6-12/h4,7-8,11-12H,3,5-6,9-10,17H2,1-2H3. The maximum Gasteiger partial charge on any atom is 0.162 e. The number of rotatable bonds is 5. The maximum atomic E-state index is 12.1. The van der Waals surface area contributed by atoms with Gasteiger partial charge in [-0.3, -0.25) is 4.79 Å². The molecule has 0 unspecified atom stereocenters. The summed E-state index contributed by atoms with van der Waals surface area (Å²) in [6.07, 6.45) is 5.14. The third-order valence-corrected chi connectivity index (χ3v) is 3.78. The van der Waals surface area contributed by atoms with Crippen LogP contribution < -0.4 is 5.73 Å². The Morgan fingerprint density at radius 2 is 2.11 bits per heavy atom. The van der Waals surface area contributed by atoms with E-state index in [1.54, 1.807) is 0 Å². The van der Waals surface area contributed by atoms with Gasteiger partial charge in [0.1, 0.15) is 0 Å². The number of carbonyl (C=O) groups excluding carboxylic acids is 1. The fourth-order valence-corrected chi connectivity index (χ4v) is 2.29. The van der Waals surface area contributed by atoms with Gasteiger partial charge < -0.3 is 5.73 Å². The minimum absolute atomic E-state index is 0.217. The van der Waals surface area contributed by atoms with E-state index >= 15 is 0 Å². The first-order valence-corrected chi connectivity index (χ1v) is 6.88. The summed E-state index contributed by atoms with van der Waals surface area (Å²) in [4.78, 5) is 12.1. The molecule has 1 aromatic carbocycles. The molecule has 0 amide bonds. The van der Waals surface area contributed by atoms with Crippen LogP contribution in [0.25, 0.3) is 0 Å². The van der Waals surface area contributed by atoms with Crippen LogP contribution in [0.1, 0.15) is 67.8 Å². The predicted octanol–water partition coefficient (Wildman–Crippen LogP) is 3.65. The zero-order valence-electron chi connectivity index (χ0n) is 11.4. The summed E-state index contributed by atoms with van der Waals surface area (Å²) in [6.45, 7) is 3.93. The van der Waals surface area contributed by atoms with Crippen LogP contribution in [-0.2, 0) is 0 Å². The van der Waals surface area contributed by atoms with Gasteiger partial charge in [0.05, 0.1) is 0 Å². The maximum absolute atomic E-state index is 12.1. The van der Waals surface area contributed by atoms with Crippen molar-refractivity contribution in [3.8, 4) is 0 Å². The molecule has 1 saturated carbocycles. The van der Waals surface area contributed by atoms with E-state index in [0.29, 0.717) is 12.3 Å². The molecule has 0 spiro atoms. The number of hydrogen-bond donors (Lipinski definition) is 1. The molecule has 1 aliphatic carbocycles. The van der Waals surface area contributed by atoms with E-state index in [1.165, 1.54) is 24.8 Å². The fraction of sp³-hybridized carbons (Fsp3) is 0.562. The van der Waals surface area contributed by atoms with Crippen LogP contribution in [0.3, 0.4) is 0 Å². The Bertz CT molecular complexity index is 427. The molecule has 0 aliphatic heterocycles. The fourth-order valence-electron chi connectivity index (χ4n) is 2.29. The Balaban J connectivity index is 2.01. The number of benzene rings is 1. The van der Waals surface area contributed by atoms with Crippen molar-refractivity contribution >= 4 is 5.78 Å². The highest BCUT2D eigenvalue weighted by molar-refractivity contribution is 5.96. The summed E-state index contributed by atoms with van der Waals surface area (Å²) in [7, 11) is 0. The van der Waals surface area contributed by atoms with Crippen molar-refractivity contribution in [3.63, 3.8) is 0 Å². The second kappa shape index (κ2) is 5.23. The molecule has 0 saturated heterocycles. The quantitative estimate of drug-likeness (QED) is 0.804. The van der Waals surface area contributed by atoms with E-state index < -0.39 is 0 Å². The van der Waals surface area contributed by atoms with Gasteiger partial charge in [0.25, 0.3) is 0 Å². The van der Waals surface area contributed by atoms with Crippen molar-refractivity contribution in [1.29, 1.82) is 0 Å². The number of hydrogen-bond acceptors (Lipinski definition) is 2. The summed E-state index contributed by atoms with van der Waals surface area (Å²) in [5.41, 5.74) is 7.84. The first kappa shape index (κ1) is 13.3. The van der Waals surface area contributed by atoms with Crippen LogP contribution in [0.4, 0.5) is 0 Å². The molecular weight excluding hydrogens is 222 g/mol. The molecule has 0 bridgehead atoms. The highest BCUT2D eigenvalue weighted by atomic mass is 16.1. The largest absolute Gasteiger partial charge is 0.326 e. The van der Waals surface area contributed by atoms with Crippen molar-refractivity contribution in [2.45, 2.75) is 57.4 Å². The van der Waals surface area contributed by atoms with E-state index in [4.69, 9.17) is 5.73 Å². The van der Waals surface area contributed by atoms with Crippen LogP contribution in [0, 0.1) is 0 Å². The van der Waals surface area contributed by atoms with Gasteiger partial charge in [-0.1, -0.05) is 24.6 Å². The van der Waals surface area contributed by atoms with E-state index in [2.05, 4.69) is 12.1 Å². The van der Waals surface area contributed by atoms with Gasteiger partial charge in [-0.25, -0.2) is 0 Å². The highest BCUT2D eigenvalue weighted by Gasteiger charge is 2.20. The molecule has 2 N–H and O–H groups in total. The summed E-state index contributed by atoms with van der Waals surface area (Å²) in [6, 6.07) is 8.16. The van der Waals surface area contributed by atoms with Gasteiger partial charge in [-0.2, -0.15) is 0 Å². The van der Waals surface area contributed by atoms with E-state index in [1.807, 2.05) is 26.0 Å². The Kier molecular flexibility index (Phi) is 3.86. The third-order valence-electron chi connectivity index (χ3n) is 3.78. The summed E-state index contributed by atoms with van der Waals surface area (Å²) < 4.78 is 0. The van der Waals surface area contributed by atoms with Crippen LogP contribution >= 0.6 is 0 Å². The first-order valence-electron chi connectivity index (χ1n) is 6.88. The third kappa shape index (κ3) is 3.42. The summed E-state index contributed by atoms with van der Waals surface area (Å²) in [5, 5.41) is 0. The SMILES string of the molecule is CC(C)(N)CCC(=O)c1cccc(C2CCC2)c1. The lowest BCUT2D eigenvalue weighted by Crippen LogP contribution is -2.32. The smallest absolute Gasteiger partial charge is 0.162 e. The van der Waals surface area contributed by atoms with E-state index in [-0.39, 0.29) is 11.3 Å². The highest BCUT2D eigenvalue weighted by Crippen LogP contribution is 2.36. The van der Waals surface area contributed by atoms with Gasteiger partial charge in [-0.05, 0) is 50.7 Å². The van der Waals surface area contributed by atoms with E-state index in [9.17, 15) is 4.79 Å². The Labute approximate surface area is 110 Å². The zero-order chi connectivity index (χ0) is 13.2. The Hall–Kier alpha value is -1.15. The van der Waals surface area contributed by atoms with E-state index in [0.717, 1.165) is 12.0 Å². The summed E-state index contributed by atoms with van der Waals surface area (Å²) >= 11 is 0. The van der Waals surface area contributed by atoms with Crippen LogP contribution in [0.2, 0.25) is 0 Å². The molecule has 2 rings (SSSR count). The average molecular weight is 245 g/mol. The minimum Gasteiger partial charge on any atom is -0.326 e. The number of ketones is 1. The first-order chi connectivity index (χ1) is 8.46. The minimum atomic E-state index is -0.263. The molecule has 2 nitrogen and oxygen atoms in total. The number of Topliss-reactive ketones (excluding diaryl/α,β-unsaturated/α-hetero) is 1. The lowest BCUT2D eigenvalue weighted by molar-refractivity contribution is 0.0972. The van der Waals surface area contributed by atoms with Crippen LogP contribution in [-0.4, -0.2) is 11.3 Å². The normalized spacial score (nSPS) is 16.4. The monoisotopic (exact) mass is 245 g/mol. The van der Waals surface area contributed by atoms with Crippen molar-refractivity contribution in [3.05, 3.63) is 35.4 Å². The van der Waals surface area contributed by atoms with Gasteiger partial charge in [-0.15, -0.1) is 0 Å². The second-order valence-corrected chi connectivity index (χ2v) is 6.17. The molecular formula is C16H23NO. The van der Waals surface area contributed by atoms with Gasteiger partial charge >= 0.3 is 0 Å². The zero-order valence-corrected chi connectivity index (χ0v) is 11.4. The Morgan fingerprint density at radius 1 is 1.39 bits per heavy atom. The molecule has 0 atom stereocenters. The molecule has 1 aliphatic rings. The lowest BCUT2D eigenvalue weighted by atomic mass is 9.79. The lowest BCUT2D eigenvalue weighted by Gasteiger charge is -2.26. The molecule has 0 aromatic heterocycles. The molecule has 1 fully saturated rings. The van der Waals surface area contributed by atoms with Crippen LogP contribution in [0.5, 0.6) is 0 Å². The molecule has 2 heteroatoms. The van der Waals surface area contributed by atoms with Crippen molar-refractivity contribution in [2.24, 2.45) is 5.73 Å². The predicted molar refractivity (Wildman–Crippen MR) is 74.9 cm³/mol. The molecule has 0 radical (unpaired) electrons.